The zero-order valence-electron chi connectivity index (χ0n) is 11.1. The van der Waals surface area contributed by atoms with Gasteiger partial charge in [-0.3, -0.25) is 0 Å². The standard InChI is InChI=1S/C13H17N5O2/c14-13-15-11-7-9(12(19)20)10(8-18(11)16-13)17-5-3-1-2-4-6-17/h7-8H,1-6H2,(H2,14,16)(H,19,20). The number of anilines is 2. The van der Waals surface area contributed by atoms with Gasteiger partial charge in [0, 0.05) is 13.1 Å². The van der Waals surface area contributed by atoms with Crippen LogP contribution >= 0.6 is 0 Å². The summed E-state index contributed by atoms with van der Waals surface area (Å²) < 4.78 is 1.54. The van der Waals surface area contributed by atoms with E-state index in [4.69, 9.17) is 5.73 Å². The Morgan fingerprint density at radius 1 is 1.25 bits per heavy atom. The Hall–Kier alpha value is -2.31. The number of fused-ring (bicyclic) bond motifs is 1. The molecule has 7 nitrogen and oxygen atoms in total. The van der Waals surface area contributed by atoms with Crippen molar-refractivity contribution in [1.29, 1.82) is 0 Å². The molecule has 0 aromatic carbocycles. The van der Waals surface area contributed by atoms with E-state index >= 15 is 0 Å². The molecular weight excluding hydrogens is 258 g/mol. The number of carboxylic acids is 1. The molecule has 0 spiro atoms. The highest BCUT2D eigenvalue weighted by Gasteiger charge is 2.19. The van der Waals surface area contributed by atoms with Crippen molar-refractivity contribution in [1.82, 2.24) is 14.6 Å². The summed E-state index contributed by atoms with van der Waals surface area (Å²) in [7, 11) is 0. The van der Waals surface area contributed by atoms with Gasteiger partial charge in [0.25, 0.3) is 0 Å². The average Bonchev–Trinajstić information content (AvgIpc) is 2.63. The van der Waals surface area contributed by atoms with Gasteiger partial charge in [-0.05, 0) is 18.9 Å². The Kier molecular flexibility index (Phi) is 3.17. The van der Waals surface area contributed by atoms with E-state index in [0.717, 1.165) is 25.9 Å². The second kappa shape index (κ2) is 4.99. The third-order valence-electron chi connectivity index (χ3n) is 3.65. The van der Waals surface area contributed by atoms with Crippen LogP contribution in [0.25, 0.3) is 5.65 Å². The van der Waals surface area contributed by atoms with Crippen LogP contribution < -0.4 is 10.6 Å². The molecule has 106 valence electrons. The molecule has 1 saturated heterocycles. The van der Waals surface area contributed by atoms with E-state index in [9.17, 15) is 9.90 Å². The molecule has 0 bridgehead atoms. The summed E-state index contributed by atoms with van der Waals surface area (Å²) in [5.41, 5.74) is 6.97. The maximum absolute atomic E-state index is 11.5. The van der Waals surface area contributed by atoms with Gasteiger partial charge >= 0.3 is 5.97 Å². The fraction of sp³-hybridized carbons (Fsp3) is 0.462. The van der Waals surface area contributed by atoms with Crippen molar-refractivity contribution >= 4 is 23.3 Å². The van der Waals surface area contributed by atoms with E-state index in [1.807, 2.05) is 0 Å². The van der Waals surface area contributed by atoms with Gasteiger partial charge in [-0.25, -0.2) is 9.31 Å². The van der Waals surface area contributed by atoms with Crippen LogP contribution in [0.3, 0.4) is 0 Å². The van der Waals surface area contributed by atoms with Gasteiger partial charge in [-0.1, -0.05) is 12.8 Å². The van der Waals surface area contributed by atoms with Crippen LogP contribution in [-0.2, 0) is 0 Å². The zero-order valence-corrected chi connectivity index (χ0v) is 11.1. The zero-order chi connectivity index (χ0) is 14.1. The van der Waals surface area contributed by atoms with E-state index in [-0.39, 0.29) is 11.5 Å². The molecule has 1 fully saturated rings. The quantitative estimate of drug-likeness (QED) is 0.859. The number of nitrogens with zero attached hydrogens (tertiary/aromatic N) is 4. The number of hydrogen-bond acceptors (Lipinski definition) is 5. The van der Waals surface area contributed by atoms with Crippen molar-refractivity contribution < 1.29 is 9.90 Å². The Balaban J connectivity index is 2.10. The second-order valence-corrected chi connectivity index (χ2v) is 5.05. The lowest BCUT2D eigenvalue weighted by atomic mass is 10.2. The number of carbonyl (C=O) groups is 1. The molecule has 0 atom stereocenters. The first-order valence-corrected chi connectivity index (χ1v) is 6.79. The van der Waals surface area contributed by atoms with Crippen molar-refractivity contribution in [3.8, 4) is 0 Å². The lowest BCUT2D eigenvalue weighted by Gasteiger charge is -2.24. The summed E-state index contributed by atoms with van der Waals surface area (Å²) in [4.78, 5) is 17.6. The summed E-state index contributed by atoms with van der Waals surface area (Å²) in [5.74, 6) is -0.803. The molecule has 0 radical (unpaired) electrons. The maximum Gasteiger partial charge on any atom is 0.338 e. The Morgan fingerprint density at radius 2 is 1.95 bits per heavy atom. The first-order chi connectivity index (χ1) is 9.65. The predicted octanol–water partition coefficient (Wildman–Crippen LogP) is 1.39. The van der Waals surface area contributed by atoms with Gasteiger partial charge in [0.2, 0.25) is 5.95 Å². The SMILES string of the molecule is Nc1nc2cc(C(=O)O)c(N3CCCCCC3)cn2n1. The molecule has 1 aliphatic heterocycles. The number of aromatic carboxylic acids is 1. The second-order valence-electron chi connectivity index (χ2n) is 5.05. The molecule has 7 heteroatoms. The van der Waals surface area contributed by atoms with Gasteiger partial charge in [-0.15, -0.1) is 5.10 Å². The van der Waals surface area contributed by atoms with E-state index in [0.29, 0.717) is 11.3 Å². The fourth-order valence-corrected chi connectivity index (χ4v) is 2.67. The summed E-state index contributed by atoms with van der Waals surface area (Å²) in [6.07, 6.45) is 6.26. The predicted molar refractivity (Wildman–Crippen MR) is 75.0 cm³/mol. The molecule has 2 aromatic rings. The molecule has 2 aromatic heterocycles. The minimum atomic E-state index is -0.951. The van der Waals surface area contributed by atoms with E-state index in [2.05, 4.69) is 15.0 Å². The number of carboxylic acid groups (broad SMARTS) is 1. The third-order valence-corrected chi connectivity index (χ3v) is 3.65. The topological polar surface area (TPSA) is 96.7 Å². The van der Waals surface area contributed by atoms with Crippen LogP contribution in [0, 0.1) is 0 Å². The number of pyridine rings is 1. The number of hydrogen-bond donors (Lipinski definition) is 2. The van der Waals surface area contributed by atoms with Crippen molar-refractivity contribution in [2.75, 3.05) is 23.7 Å². The molecule has 0 saturated carbocycles. The van der Waals surface area contributed by atoms with E-state index in [1.165, 1.54) is 18.9 Å². The van der Waals surface area contributed by atoms with E-state index < -0.39 is 5.97 Å². The van der Waals surface area contributed by atoms with Crippen LogP contribution in [0.5, 0.6) is 0 Å². The van der Waals surface area contributed by atoms with Gasteiger partial charge in [0.1, 0.15) is 0 Å². The largest absolute Gasteiger partial charge is 0.478 e. The lowest BCUT2D eigenvalue weighted by Crippen LogP contribution is -2.26. The fourth-order valence-electron chi connectivity index (χ4n) is 2.67. The monoisotopic (exact) mass is 275 g/mol. The molecule has 0 unspecified atom stereocenters. The number of nitrogen functional groups attached to an aromatic ring is 1. The summed E-state index contributed by atoms with van der Waals surface area (Å²) in [6.45, 7) is 1.74. The van der Waals surface area contributed by atoms with Gasteiger partial charge < -0.3 is 15.7 Å². The normalized spacial score (nSPS) is 16.3. The highest BCUT2D eigenvalue weighted by Crippen LogP contribution is 2.25. The van der Waals surface area contributed by atoms with Crippen LogP contribution in [0.4, 0.5) is 11.6 Å². The van der Waals surface area contributed by atoms with Crippen LogP contribution in [-0.4, -0.2) is 38.8 Å². The van der Waals surface area contributed by atoms with Crippen LogP contribution in [0.1, 0.15) is 36.0 Å². The van der Waals surface area contributed by atoms with Crippen molar-refractivity contribution in [3.05, 3.63) is 17.8 Å². The first kappa shape index (κ1) is 12.7. The van der Waals surface area contributed by atoms with E-state index in [1.54, 1.807) is 10.7 Å². The molecular formula is C13H17N5O2. The lowest BCUT2D eigenvalue weighted by molar-refractivity contribution is 0.0697. The molecule has 3 rings (SSSR count). The average molecular weight is 275 g/mol. The van der Waals surface area contributed by atoms with Crippen LogP contribution in [0.2, 0.25) is 0 Å². The van der Waals surface area contributed by atoms with Crippen molar-refractivity contribution in [3.63, 3.8) is 0 Å². The summed E-state index contributed by atoms with van der Waals surface area (Å²) in [6, 6.07) is 1.53. The van der Waals surface area contributed by atoms with Crippen molar-refractivity contribution in [2.45, 2.75) is 25.7 Å². The van der Waals surface area contributed by atoms with Crippen LogP contribution in [0.15, 0.2) is 12.3 Å². The maximum atomic E-state index is 11.5. The molecule has 0 amide bonds. The minimum absolute atomic E-state index is 0.148. The number of nitrogens with two attached hydrogens (primary N) is 1. The highest BCUT2D eigenvalue weighted by molar-refractivity contribution is 5.95. The van der Waals surface area contributed by atoms with Gasteiger partial charge in [0.15, 0.2) is 5.65 Å². The summed E-state index contributed by atoms with van der Waals surface area (Å²) >= 11 is 0. The van der Waals surface area contributed by atoms with Crippen molar-refractivity contribution in [2.24, 2.45) is 0 Å². The van der Waals surface area contributed by atoms with Gasteiger partial charge in [0.05, 0.1) is 17.4 Å². The minimum Gasteiger partial charge on any atom is -0.478 e. The Labute approximate surface area is 116 Å². The number of rotatable bonds is 2. The molecule has 1 aliphatic rings. The molecule has 3 heterocycles. The summed E-state index contributed by atoms with van der Waals surface area (Å²) in [5, 5.41) is 13.5. The third kappa shape index (κ3) is 2.26. The molecule has 0 aliphatic carbocycles. The first-order valence-electron chi connectivity index (χ1n) is 6.79. The number of aromatic nitrogens is 3. The Bertz CT molecular complexity index is 643. The highest BCUT2D eigenvalue weighted by atomic mass is 16.4. The molecule has 20 heavy (non-hydrogen) atoms. The molecule has 3 N–H and O–H groups in total. The smallest absolute Gasteiger partial charge is 0.338 e. The van der Waals surface area contributed by atoms with Gasteiger partial charge in [-0.2, -0.15) is 4.98 Å². The Morgan fingerprint density at radius 3 is 2.60 bits per heavy atom.